The van der Waals surface area contributed by atoms with E-state index in [-0.39, 0.29) is 25.5 Å². The molecule has 0 atom stereocenters. The van der Waals surface area contributed by atoms with Gasteiger partial charge >= 0.3 is 0 Å². The van der Waals surface area contributed by atoms with Gasteiger partial charge in [0.2, 0.25) is 0 Å². The van der Waals surface area contributed by atoms with Crippen molar-refractivity contribution in [2.45, 2.75) is 19.3 Å². The van der Waals surface area contributed by atoms with Crippen LogP contribution in [0.4, 0.5) is 0 Å². The van der Waals surface area contributed by atoms with E-state index in [9.17, 15) is 0 Å². The molecule has 1 nitrogen and oxygen atoms in total. The van der Waals surface area contributed by atoms with Crippen LogP contribution in [0.5, 0.6) is 0 Å². The third kappa shape index (κ3) is 2.37. The summed E-state index contributed by atoms with van der Waals surface area (Å²) in [4.78, 5) is 4.66. The number of benzene rings is 3. The monoisotopic (exact) mass is 513 g/mol. The summed E-state index contributed by atoms with van der Waals surface area (Å²) in [6, 6.07) is 27.1. The molecule has 1 aliphatic carbocycles. The average molecular weight is 513 g/mol. The Bertz CT molecular complexity index is 1120. The van der Waals surface area contributed by atoms with E-state index in [1.165, 1.54) is 33.0 Å². The Hall–Kier alpha value is -2.28. The molecule has 0 saturated carbocycles. The van der Waals surface area contributed by atoms with Gasteiger partial charge in [0.15, 0.2) is 0 Å². The van der Waals surface area contributed by atoms with E-state index in [1.54, 1.807) is 0 Å². The second-order valence-corrected chi connectivity index (χ2v) is 7.23. The van der Waals surface area contributed by atoms with Gasteiger partial charge in [0.25, 0.3) is 0 Å². The van der Waals surface area contributed by atoms with Gasteiger partial charge in [-0.25, -0.2) is 0 Å². The minimum absolute atomic E-state index is 0. The molecule has 0 fully saturated rings. The smallest absolute Gasteiger partial charge is 0.0167 e. The molecule has 1 aliphatic rings. The third-order valence-corrected chi connectivity index (χ3v) is 5.44. The molecule has 26 heavy (non-hydrogen) atoms. The van der Waals surface area contributed by atoms with Crippen LogP contribution in [0.2, 0.25) is 0 Å². The van der Waals surface area contributed by atoms with Crippen molar-refractivity contribution in [1.29, 1.82) is 0 Å². The molecule has 1 aromatic heterocycles. The van der Waals surface area contributed by atoms with Crippen molar-refractivity contribution in [3.05, 3.63) is 90.1 Å². The van der Waals surface area contributed by atoms with E-state index in [1.807, 2.05) is 6.20 Å². The van der Waals surface area contributed by atoms with Gasteiger partial charge in [0.1, 0.15) is 0 Å². The number of hydrogen-bond acceptors (Lipinski definition) is 1. The van der Waals surface area contributed by atoms with Crippen molar-refractivity contribution in [2.75, 3.05) is 0 Å². The van der Waals surface area contributed by atoms with Crippen LogP contribution < -0.4 is 0 Å². The fraction of sp³-hybridized carbons (Fsp3) is 0.125. The van der Waals surface area contributed by atoms with Gasteiger partial charge in [0, 0.05) is 26.3 Å². The maximum Gasteiger partial charge on any atom is 0.0167 e. The topological polar surface area (TPSA) is 12.9 Å². The number of aromatic nitrogens is 1. The molecular formula is C24H18IrN-. The van der Waals surface area contributed by atoms with E-state index >= 15 is 0 Å². The normalized spacial score (nSPS) is 13.8. The Morgan fingerprint density at radius 2 is 1.62 bits per heavy atom. The molecule has 2 heteroatoms. The third-order valence-electron chi connectivity index (χ3n) is 5.44. The number of fused-ring (bicyclic) bond motifs is 4. The molecule has 0 bridgehead atoms. The standard InChI is InChI=1S/C24H18N.Ir/c1-24(2)21-10-6-5-9-19(21)20-15-17(11-12-22(20)24)23-18-8-4-3-7-16(18)13-14-25-23;/h3-10,12-15H,1-2H3;/q-1;. The second-order valence-electron chi connectivity index (χ2n) is 7.23. The Balaban J connectivity index is 0.00000168. The number of nitrogens with zero attached hydrogens (tertiary/aromatic N) is 1. The van der Waals surface area contributed by atoms with Crippen LogP contribution in [0.1, 0.15) is 25.0 Å². The molecule has 0 spiro atoms. The van der Waals surface area contributed by atoms with Crippen molar-refractivity contribution in [3.63, 3.8) is 0 Å². The summed E-state index contributed by atoms with van der Waals surface area (Å²) >= 11 is 0. The zero-order chi connectivity index (χ0) is 17.0. The van der Waals surface area contributed by atoms with Crippen LogP contribution in [-0.2, 0) is 25.5 Å². The first kappa shape index (κ1) is 17.1. The Morgan fingerprint density at radius 1 is 0.846 bits per heavy atom. The van der Waals surface area contributed by atoms with Crippen molar-refractivity contribution >= 4 is 10.8 Å². The quantitative estimate of drug-likeness (QED) is 0.285. The van der Waals surface area contributed by atoms with Gasteiger partial charge in [-0.2, -0.15) is 0 Å². The van der Waals surface area contributed by atoms with Crippen LogP contribution in [0.25, 0.3) is 33.2 Å². The average Bonchev–Trinajstić information content (AvgIpc) is 2.89. The molecular weight excluding hydrogens is 494 g/mol. The van der Waals surface area contributed by atoms with E-state index in [0.29, 0.717) is 0 Å². The molecule has 5 rings (SSSR count). The summed E-state index contributed by atoms with van der Waals surface area (Å²) in [5.41, 5.74) is 7.46. The second kappa shape index (κ2) is 6.16. The van der Waals surface area contributed by atoms with Crippen LogP contribution in [0, 0.1) is 6.07 Å². The van der Waals surface area contributed by atoms with Gasteiger partial charge in [0.05, 0.1) is 0 Å². The van der Waals surface area contributed by atoms with E-state index in [2.05, 4.69) is 91.6 Å². The summed E-state index contributed by atoms with van der Waals surface area (Å²) in [7, 11) is 0. The summed E-state index contributed by atoms with van der Waals surface area (Å²) in [5, 5.41) is 2.38. The predicted octanol–water partition coefficient (Wildman–Crippen LogP) is 6.01. The molecule has 1 radical (unpaired) electrons. The largest absolute Gasteiger partial charge is 0.304 e. The van der Waals surface area contributed by atoms with E-state index in [0.717, 1.165) is 11.3 Å². The molecule has 0 N–H and O–H groups in total. The maximum atomic E-state index is 4.66. The molecule has 4 aromatic rings. The molecule has 0 unspecified atom stereocenters. The van der Waals surface area contributed by atoms with E-state index < -0.39 is 0 Å². The first-order valence-corrected chi connectivity index (χ1v) is 8.66. The van der Waals surface area contributed by atoms with E-state index in [4.69, 9.17) is 0 Å². The summed E-state index contributed by atoms with van der Waals surface area (Å²) in [6.07, 6.45) is 1.89. The Morgan fingerprint density at radius 3 is 2.50 bits per heavy atom. The molecule has 0 aliphatic heterocycles. The predicted molar refractivity (Wildman–Crippen MR) is 104 cm³/mol. The minimum Gasteiger partial charge on any atom is -0.304 e. The zero-order valence-corrected chi connectivity index (χ0v) is 17.1. The SMILES string of the molecule is CC1(C)c2c[c-]c(-c3nccc4ccccc34)cc2-c2ccccc21.[Ir]. The van der Waals surface area contributed by atoms with Gasteiger partial charge in [-0.3, -0.25) is 0 Å². The maximum absolute atomic E-state index is 4.66. The summed E-state index contributed by atoms with van der Waals surface area (Å²) in [5.74, 6) is 0. The number of pyridine rings is 1. The minimum atomic E-state index is 0. The van der Waals surface area contributed by atoms with Crippen LogP contribution >= 0.6 is 0 Å². The molecule has 3 aromatic carbocycles. The molecule has 0 amide bonds. The first-order chi connectivity index (χ1) is 12.2. The van der Waals surface area contributed by atoms with Crippen LogP contribution in [0.3, 0.4) is 0 Å². The molecule has 129 valence electrons. The summed E-state index contributed by atoms with van der Waals surface area (Å²) < 4.78 is 0. The van der Waals surface area contributed by atoms with Gasteiger partial charge < -0.3 is 4.98 Å². The van der Waals surface area contributed by atoms with Gasteiger partial charge in [-0.05, 0) is 39.1 Å². The first-order valence-electron chi connectivity index (χ1n) is 8.66. The van der Waals surface area contributed by atoms with Gasteiger partial charge in [-0.1, -0.05) is 67.9 Å². The molecule has 1 heterocycles. The van der Waals surface area contributed by atoms with Crippen LogP contribution in [-0.4, -0.2) is 4.98 Å². The van der Waals surface area contributed by atoms with Crippen molar-refractivity contribution in [2.24, 2.45) is 0 Å². The number of rotatable bonds is 1. The van der Waals surface area contributed by atoms with Crippen molar-refractivity contribution in [1.82, 2.24) is 4.98 Å². The zero-order valence-electron chi connectivity index (χ0n) is 14.7. The Labute approximate surface area is 167 Å². The van der Waals surface area contributed by atoms with Crippen LogP contribution in [0.15, 0.2) is 72.9 Å². The fourth-order valence-electron chi connectivity index (χ4n) is 4.11. The molecule has 0 saturated heterocycles. The van der Waals surface area contributed by atoms with Crippen molar-refractivity contribution in [3.8, 4) is 22.4 Å². The summed E-state index contributed by atoms with van der Waals surface area (Å²) in [6.45, 7) is 4.59. The number of hydrogen-bond donors (Lipinski definition) is 0. The van der Waals surface area contributed by atoms with Gasteiger partial charge in [-0.15, -0.1) is 29.3 Å². The van der Waals surface area contributed by atoms with Crippen molar-refractivity contribution < 1.29 is 20.1 Å². The Kier molecular flexibility index (Phi) is 4.06. The fourth-order valence-corrected chi connectivity index (χ4v) is 4.11.